The minimum absolute atomic E-state index is 0.0262. The van der Waals surface area contributed by atoms with Crippen LogP contribution in [-0.2, 0) is 21.4 Å². The van der Waals surface area contributed by atoms with E-state index < -0.39 is 26.9 Å². The summed E-state index contributed by atoms with van der Waals surface area (Å²) in [6.45, 7) is 4.28. The van der Waals surface area contributed by atoms with Gasteiger partial charge in [0.05, 0.1) is 23.8 Å². The topological polar surface area (TPSA) is 93.0 Å². The molecule has 28 heavy (non-hydrogen) atoms. The molecule has 0 radical (unpaired) electrons. The van der Waals surface area contributed by atoms with Crippen LogP contribution in [0, 0.1) is 10.1 Å². The van der Waals surface area contributed by atoms with Gasteiger partial charge in [-0.15, -0.1) is 0 Å². The van der Waals surface area contributed by atoms with Crippen LogP contribution in [0.5, 0.6) is 0 Å². The molecular formula is C19H25N3O5S. The number of sulfonamides is 1. The first kappa shape index (κ1) is 21.8. The third-order valence-corrected chi connectivity index (χ3v) is 6.05. The van der Waals surface area contributed by atoms with E-state index in [1.807, 2.05) is 13.8 Å². The SMILES string of the molecule is CC.CN(C)C1CN(S(=O)(=O)c2ccccc2[N+](=O)[O-])c2ccccc2CO1. The van der Waals surface area contributed by atoms with E-state index in [0.717, 1.165) is 0 Å². The van der Waals surface area contributed by atoms with Crippen molar-refractivity contribution in [2.45, 2.75) is 31.6 Å². The highest BCUT2D eigenvalue weighted by atomic mass is 32.2. The van der Waals surface area contributed by atoms with Crippen molar-refractivity contribution >= 4 is 21.4 Å². The maximum atomic E-state index is 13.3. The van der Waals surface area contributed by atoms with Gasteiger partial charge >= 0.3 is 0 Å². The van der Waals surface area contributed by atoms with E-state index in [-0.39, 0.29) is 18.0 Å². The lowest BCUT2D eigenvalue weighted by Gasteiger charge is -2.29. The summed E-state index contributed by atoms with van der Waals surface area (Å²) in [7, 11) is -0.580. The largest absolute Gasteiger partial charge is 0.356 e. The van der Waals surface area contributed by atoms with Crippen molar-refractivity contribution in [2.24, 2.45) is 0 Å². The molecular weight excluding hydrogens is 382 g/mol. The third kappa shape index (κ3) is 4.32. The van der Waals surface area contributed by atoms with Crippen molar-refractivity contribution in [2.75, 3.05) is 24.9 Å². The van der Waals surface area contributed by atoms with Crippen LogP contribution >= 0.6 is 0 Å². The summed E-state index contributed by atoms with van der Waals surface area (Å²) in [6.07, 6.45) is -0.486. The molecule has 0 saturated carbocycles. The van der Waals surface area contributed by atoms with Gasteiger partial charge in [0.25, 0.3) is 15.7 Å². The Hall–Kier alpha value is -2.49. The predicted octanol–water partition coefficient (Wildman–Crippen LogP) is 3.23. The number of para-hydroxylation sites is 2. The summed E-state index contributed by atoms with van der Waals surface area (Å²) >= 11 is 0. The quantitative estimate of drug-likeness (QED) is 0.571. The minimum Gasteiger partial charge on any atom is -0.356 e. The minimum atomic E-state index is -4.16. The zero-order valence-corrected chi connectivity index (χ0v) is 17.2. The fourth-order valence-electron chi connectivity index (χ4n) is 2.84. The Bertz CT molecular complexity index is 931. The van der Waals surface area contributed by atoms with Crippen molar-refractivity contribution in [3.8, 4) is 0 Å². The number of hydrogen-bond acceptors (Lipinski definition) is 6. The molecule has 9 heteroatoms. The predicted molar refractivity (Wildman–Crippen MR) is 108 cm³/mol. The molecule has 0 saturated heterocycles. The zero-order chi connectivity index (χ0) is 20.9. The Kier molecular flexibility index (Phi) is 7.11. The summed E-state index contributed by atoms with van der Waals surface area (Å²) in [5.41, 5.74) is 0.727. The first-order valence-corrected chi connectivity index (χ1v) is 10.4. The maximum Gasteiger partial charge on any atom is 0.289 e. The molecule has 0 N–H and O–H groups in total. The van der Waals surface area contributed by atoms with Crippen molar-refractivity contribution in [1.82, 2.24) is 4.90 Å². The summed E-state index contributed by atoms with van der Waals surface area (Å²) in [6, 6.07) is 12.4. The molecule has 0 aliphatic carbocycles. The number of rotatable bonds is 4. The van der Waals surface area contributed by atoms with Crippen LogP contribution in [0.3, 0.4) is 0 Å². The van der Waals surface area contributed by atoms with Crippen LogP contribution in [0.25, 0.3) is 0 Å². The summed E-state index contributed by atoms with van der Waals surface area (Å²) in [5, 5.41) is 11.3. The maximum absolute atomic E-state index is 13.3. The van der Waals surface area contributed by atoms with Crippen LogP contribution in [-0.4, -0.2) is 45.1 Å². The van der Waals surface area contributed by atoms with E-state index in [9.17, 15) is 18.5 Å². The fourth-order valence-corrected chi connectivity index (χ4v) is 4.50. The third-order valence-electron chi connectivity index (χ3n) is 4.22. The molecule has 1 aliphatic rings. The van der Waals surface area contributed by atoms with Crippen LogP contribution in [0.2, 0.25) is 0 Å². The number of fused-ring (bicyclic) bond motifs is 1. The lowest BCUT2D eigenvalue weighted by atomic mass is 10.2. The highest BCUT2D eigenvalue weighted by molar-refractivity contribution is 7.93. The number of nitrogens with zero attached hydrogens (tertiary/aromatic N) is 3. The van der Waals surface area contributed by atoms with E-state index in [4.69, 9.17) is 4.74 Å². The Morgan fingerprint density at radius 3 is 2.36 bits per heavy atom. The highest BCUT2D eigenvalue weighted by Gasteiger charge is 2.36. The molecule has 2 aromatic rings. The summed E-state index contributed by atoms with van der Waals surface area (Å²) in [5.74, 6) is 0. The highest BCUT2D eigenvalue weighted by Crippen LogP contribution is 2.34. The van der Waals surface area contributed by atoms with E-state index in [2.05, 4.69) is 0 Å². The van der Waals surface area contributed by atoms with Gasteiger partial charge in [-0.25, -0.2) is 8.42 Å². The van der Waals surface area contributed by atoms with Gasteiger partial charge in [-0.2, -0.15) is 0 Å². The van der Waals surface area contributed by atoms with Gasteiger partial charge in [-0.05, 0) is 26.2 Å². The van der Waals surface area contributed by atoms with Gasteiger partial charge in [-0.1, -0.05) is 44.2 Å². The second-order valence-electron chi connectivity index (χ2n) is 6.12. The number of likely N-dealkylation sites (N-methyl/N-ethyl adjacent to an activating group) is 1. The van der Waals surface area contributed by atoms with Gasteiger partial charge in [0.15, 0.2) is 4.90 Å². The zero-order valence-electron chi connectivity index (χ0n) is 16.4. The van der Waals surface area contributed by atoms with Gasteiger partial charge in [0.2, 0.25) is 0 Å². The molecule has 0 bridgehead atoms. The molecule has 1 atom stereocenters. The Labute approximate surface area is 165 Å². The van der Waals surface area contributed by atoms with E-state index in [0.29, 0.717) is 11.3 Å². The normalized spacial score (nSPS) is 16.6. The number of hydrogen-bond donors (Lipinski definition) is 0. The molecule has 0 amide bonds. The second-order valence-corrected chi connectivity index (χ2v) is 7.95. The number of anilines is 1. The molecule has 8 nitrogen and oxygen atoms in total. The number of benzene rings is 2. The molecule has 0 spiro atoms. The monoisotopic (exact) mass is 407 g/mol. The number of nitro benzene ring substituents is 1. The smallest absolute Gasteiger partial charge is 0.289 e. The van der Waals surface area contributed by atoms with Crippen LogP contribution in [0.1, 0.15) is 19.4 Å². The van der Waals surface area contributed by atoms with Crippen molar-refractivity contribution in [1.29, 1.82) is 0 Å². The molecule has 0 fully saturated rings. The Balaban J connectivity index is 0.00000136. The molecule has 1 aliphatic heterocycles. The number of nitro groups is 1. The second kappa shape index (κ2) is 9.13. The van der Waals surface area contributed by atoms with Gasteiger partial charge in [0.1, 0.15) is 6.23 Å². The first-order chi connectivity index (χ1) is 13.3. The Morgan fingerprint density at radius 2 is 1.71 bits per heavy atom. The lowest BCUT2D eigenvalue weighted by molar-refractivity contribution is -0.387. The van der Waals surface area contributed by atoms with E-state index >= 15 is 0 Å². The van der Waals surface area contributed by atoms with Crippen molar-refractivity contribution in [3.63, 3.8) is 0 Å². The average Bonchev–Trinajstić information content (AvgIpc) is 2.90. The average molecular weight is 407 g/mol. The lowest BCUT2D eigenvalue weighted by Crippen LogP contribution is -2.43. The van der Waals surface area contributed by atoms with E-state index in [1.165, 1.54) is 28.6 Å². The summed E-state index contributed by atoms with van der Waals surface area (Å²) < 4.78 is 33.7. The fraction of sp³-hybridized carbons (Fsp3) is 0.368. The van der Waals surface area contributed by atoms with Crippen molar-refractivity contribution < 1.29 is 18.1 Å². The van der Waals surface area contributed by atoms with E-state index in [1.54, 1.807) is 43.3 Å². The van der Waals surface area contributed by atoms with Crippen LogP contribution < -0.4 is 4.31 Å². The van der Waals surface area contributed by atoms with Gasteiger partial charge in [0, 0.05) is 11.6 Å². The molecule has 0 aromatic heterocycles. The Morgan fingerprint density at radius 1 is 1.11 bits per heavy atom. The standard InChI is InChI=1S/C17H19N3O5S.C2H6/c1-18(2)17-11-19(14-8-4-3-7-13(14)12-25-17)26(23,24)16-10-6-5-9-15(16)20(21)22;1-2/h3-10,17H,11-12H2,1-2H3;1-2H3. The van der Waals surface area contributed by atoms with Crippen molar-refractivity contribution in [3.05, 3.63) is 64.2 Å². The van der Waals surface area contributed by atoms with Crippen LogP contribution in [0.4, 0.5) is 11.4 Å². The molecule has 1 unspecified atom stereocenters. The first-order valence-electron chi connectivity index (χ1n) is 8.94. The number of ether oxygens (including phenoxy) is 1. The molecule has 1 heterocycles. The summed E-state index contributed by atoms with van der Waals surface area (Å²) in [4.78, 5) is 12.1. The van der Waals surface area contributed by atoms with Crippen LogP contribution in [0.15, 0.2) is 53.4 Å². The molecule has 2 aromatic carbocycles. The molecule has 152 valence electrons. The van der Waals surface area contributed by atoms with Gasteiger partial charge < -0.3 is 4.74 Å². The molecule has 3 rings (SSSR count). The van der Waals surface area contributed by atoms with Gasteiger partial charge in [-0.3, -0.25) is 19.3 Å².